The number of aliphatic hydroxyl groups excluding tert-OH is 1. The van der Waals surface area contributed by atoms with Gasteiger partial charge >= 0.3 is 0 Å². The van der Waals surface area contributed by atoms with Crippen molar-refractivity contribution in [2.24, 2.45) is 11.3 Å². The molecule has 1 saturated carbocycles. The minimum absolute atomic E-state index is 0.0564. The standard InChI is InChI=1S/C21H31N3O3/c1-27-14-18-11-21(15-24(18)13-16-3-2-6-22-12-16)4-7-23(8-5-21)20(26)17-9-19(25)10-17/h2-3,6,12,17-19,25H,4-5,7-11,13-15H2,1H3/t17?,18-,19?/m1/s1. The van der Waals surface area contributed by atoms with Crippen LogP contribution in [0.25, 0.3) is 0 Å². The number of piperidine rings is 1. The summed E-state index contributed by atoms with van der Waals surface area (Å²) in [4.78, 5) is 21.4. The number of hydrogen-bond acceptors (Lipinski definition) is 5. The van der Waals surface area contributed by atoms with Crippen LogP contribution in [0.3, 0.4) is 0 Å². The van der Waals surface area contributed by atoms with Crippen molar-refractivity contribution in [2.75, 3.05) is 33.4 Å². The van der Waals surface area contributed by atoms with E-state index in [0.29, 0.717) is 24.3 Å². The summed E-state index contributed by atoms with van der Waals surface area (Å²) in [6.07, 6.45) is 8.07. The van der Waals surface area contributed by atoms with E-state index in [4.69, 9.17) is 4.74 Å². The fourth-order valence-corrected chi connectivity index (χ4v) is 5.13. The summed E-state index contributed by atoms with van der Waals surface area (Å²) < 4.78 is 5.51. The average molecular weight is 373 g/mol. The lowest BCUT2D eigenvalue weighted by molar-refractivity contribution is -0.144. The molecule has 2 aliphatic heterocycles. The molecule has 4 rings (SSSR count). The summed E-state index contributed by atoms with van der Waals surface area (Å²) in [6.45, 7) is 4.44. The Bertz CT molecular complexity index is 639. The van der Waals surface area contributed by atoms with E-state index in [1.165, 1.54) is 5.56 Å². The SMILES string of the molecule is COC[C@H]1CC2(CCN(C(=O)C3CC(O)C3)CC2)CN1Cc1cccnc1. The Labute approximate surface area is 161 Å². The lowest BCUT2D eigenvalue weighted by atomic mass is 9.75. The summed E-state index contributed by atoms with van der Waals surface area (Å²) in [5.74, 6) is 0.315. The molecule has 0 unspecified atom stereocenters. The molecule has 3 heterocycles. The van der Waals surface area contributed by atoms with E-state index in [2.05, 4.69) is 16.0 Å². The maximum absolute atomic E-state index is 12.6. The smallest absolute Gasteiger partial charge is 0.225 e. The van der Waals surface area contributed by atoms with Crippen LogP contribution in [-0.2, 0) is 16.1 Å². The Morgan fingerprint density at radius 1 is 1.37 bits per heavy atom. The third kappa shape index (κ3) is 4.03. The minimum atomic E-state index is -0.263. The van der Waals surface area contributed by atoms with Gasteiger partial charge in [-0.15, -0.1) is 0 Å². The predicted molar refractivity (Wildman–Crippen MR) is 102 cm³/mol. The second kappa shape index (κ2) is 7.86. The normalized spacial score (nSPS) is 30.4. The molecule has 0 aromatic carbocycles. The van der Waals surface area contributed by atoms with Gasteiger partial charge in [-0.2, -0.15) is 0 Å². The molecule has 1 spiro atoms. The molecule has 3 aliphatic rings. The van der Waals surface area contributed by atoms with E-state index < -0.39 is 0 Å². The molecule has 2 saturated heterocycles. The molecule has 0 bridgehead atoms. The molecule has 6 nitrogen and oxygen atoms in total. The first kappa shape index (κ1) is 18.8. The van der Waals surface area contributed by atoms with Crippen molar-refractivity contribution in [1.82, 2.24) is 14.8 Å². The molecule has 3 fully saturated rings. The molecular formula is C21H31N3O3. The van der Waals surface area contributed by atoms with E-state index in [-0.39, 0.29) is 17.9 Å². The zero-order chi connectivity index (χ0) is 18.9. The van der Waals surface area contributed by atoms with Gasteiger partial charge in [0.1, 0.15) is 0 Å². The quantitative estimate of drug-likeness (QED) is 0.851. The van der Waals surface area contributed by atoms with Crippen LogP contribution in [-0.4, -0.2) is 71.3 Å². The maximum atomic E-state index is 12.6. The number of methoxy groups -OCH3 is 1. The van der Waals surface area contributed by atoms with Crippen LogP contribution in [0.1, 0.15) is 37.7 Å². The number of carbonyl (C=O) groups is 1. The Morgan fingerprint density at radius 2 is 2.15 bits per heavy atom. The fraction of sp³-hybridized carbons (Fsp3) is 0.714. The molecule has 1 amide bonds. The lowest BCUT2D eigenvalue weighted by Gasteiger charge is -2.42. The van der Waals surface area contributed by atoms with Gasteiger partial charge in [0.15, 0.2) is 0 Å². The number of likely N-dealkylation sites (tertiary alicyclic amines) is 2. The number of pyridine rings is 1. The van der Waals surface area contributed by atoms with Crippen LogP contribution in [0, 0.1) is 11.3 Å². The van der Waals surface area contributed by atoms with Crippen LogP contribution < -0.4 is 0 Å². The first-order chi connectivity index (χ1) is 13.1. The van der Waals surface area contributed by atoms with Gasteiger partial charge in [0, 0.05) is 57.6 Å². The van der Waals surface area contributed by atoms with Crippen molar-refractivity contribution in [3.63, 3.8) is 0 Å². The van der Waals surface area contributed by atoms with Gasteiger partial charge in [0.25, 0.3) is 0 Å². The first-order valence-corrected chi connectivity index (χ1v) is 10.2. The average Bonchev–Trinajstić information content (AvgIpc) is 2.97. The van der Waals surface area contributed by atoms with E-state index in [9.17, 15) is 9.90 Å². The van der Waals surface area contributed by atoms with Crippen LogP contribution in [0.4, 0.5) is 0 Å². The predicted octanol–water partition coefficient (Wildman–Crippen LogP) is 1.68. The van der Waals surface area contributed by atoms with Crippen LogP contribution in [0.15, 0.2) is 24.5 Å². The summed E-state index contributed by atoms with van der Waals surface area (Å²) >= 11 is 0. The second-order valence-electron chi connectivity index (χ2n) is 8.73. The first-order valence-electron chi connectivity index (χ1n) is 10.2. The summed E-state index contributed by atoms with van der Waals surface area (Å²) in [6, 6.07) is 4.56. The van der Waals surface area contributed by atoms with Gasteiger partial charge in [-0.25, -0.2) is 0 Å². The molecule has 1 atom stereocenters. The van der Waals surface area contributed by atoms with Crippen molar-refractivity contribution in [3.8, 4) is 0 Å². The Hall–Kier alpha value is -1.50. The van der Waals surface area contributed by atoms with Gasteiger partial charge in [-0.05, 0) is 49.1 Å². The van der Waals surface area contributed by atoms with Crippen molar-refractivity contribution in [1.29, 1.82) is 0 Å². The van der Waals surface area contributed by atoms with Crippen molar-refractivity contribution < 1.29 is 14.6 Å². The number of aliphatic hydroxyl groups is 1. The third-order valence-electron chi connectivity index (χ3n) is 6.79. The monoisotopic (exact) mass is 373 g/mol. The highest BCUT2D eigenvalue weighted by atomic mass is 16.5. The molecular weight excluding hydrogens is 342 g/mol. The lowest BCUT2D eigenvalue weighted by Crippen LogP contribution is -2.49. The highest BCUT2D eigenvalue weighted by Gasteiger charge is 2.47. The number of nitrogens with zero attached hydrogens (tertiary/aromatic N) is 3. The van der Waals surface area contributed by atoms with Gasteiger partial charge in [0.2, 0.25) is 5.91 Å². The van der Waals surface area contributed by atoms with Gasteiger partial charge in [0.05, 0.1) is 12.7 Å². The number of aromatic nitrogens is 1. The summed E-state index contributed by atoms with van der Waals surface area (Å²) in [5.41, 5.74) is 1.54. The van der Waals surface area contributed by atoms with Crippen molar-refractivity contribution in [2.45, 2.75) is 50.8 Å². The molecule has 6 heteroatoms. The zero-order valence-electron chi connectivity index (χ0n) is 16.2. The maximum Gasteiger partial charge on any atom is 0.225 e. The van der Waals surface area contributed by atoms with Crippen LogP contribution in [0.5, 0.6) is 0 Å². The molecule has 0 radical (unpaired) electrons. The van der Waals surface area contributed by atoms with E-state index in [1.807, 2.05) is 23.4 Å². The Morgan fingerprint density at radius 3 is 2.78 bits per heavy atom. The highest BCUT2D eigenvalue weighted by Crippen LogP contribution is 2.44. The summed E-state index contributed by atoms with van der Waals surface area (Å²) in [7, 11) is 1.78. The van der Waals surface area contributed by atoms with Crippen molar-refractivity contribution in [3.05, 3.63) is 30.1 Å². The van der Waals surface area contributed by atoms with E-state index in [1.54, 1.807) is 7.11 Å². The Balaban J connectivity index is 1.37. The van der Waals surface area contributed by atoms with Gasteiger partial charge in [-0.3, -0.25) is 14.7 Å². The molecule has 1 N–H and O–H groups in total. The Kier molecular flexibility index (Phi) is 5.48. The van der Waals surface area contributed by atoms with E-state index in [0.717, 1.165) is 52.0 Å². The number of ether oxygens (including phenoxy) is 1. The molecule has 1 aromatic rings. The third-order valence-corrected chi connectivity index (χ3v) is 6.79. The highest BCUT2D eigenvalue weighted by molar-refractivity contribution is 5.80. The van der Waals surface area contributed by atoms with Crippen molar-refractivity contribution >= 4 is 5.91 Å². The fourth-order valence-electron chi connectivity index (χ4n) is 5.13. The molecule has 148 valence electrons. The zero-order valence-corrected chi connectivity index (χ0v) is 16.2. The molecule has 1 aliphatic carbocycles. The molecule has 27 heavy (non-hydrogen) atoms. The van der Waals surface area contributed by atoms with Gasteiger partial charge < -0.3 is 14.7 Å². The minimum Gasteiger partial charge on any atom is -0.393 e. The number of carbonyl (C=O) groups excluding carboxylic acids is 1. The van der Waals surface area contributed by atoms with Crippen LogP contribution >= 0.6 is 0 Å². The van der Waals surface area contributed by atoms with Crippen LogP contribution in [0.2, 0.25) is 0 Å². The number of rotatable bonds is 5. The number of hydrogen-bond donors (Lipinski definition) is 1. The summed E-state index contributed by atoms with van der Waals surface area (Å²) in [5, 5.41) is 9.47. The largest absolute Gasteiger partial charge is 0.393 e. The van der Waals surface area contributed by atoms with E-state index >= 15 is 0 Å². The number of amides is 1. The van der Waals surface area contributed by atoms with Gasteiger partial charge in [-0.1, -0.05) is 6.07 Å². The topological polar surface area (TPSA) is 65.9 Å². The second-order valence-corrected chi connectivity index (χ2v) is 8.73. The molecule has 1 aromatic heterocycles.